The Morgan fingerprint density at radius 3 is 2.82 bits per heavy atom. The Morgan fingerprint density at radius 2 is 2.05 bits per heavy atom. The molecule has 2 saturated carbocycles. The minimum atomic E-state index is -0.873. The van der Waals surface area contributed by atoms with Crippen LogP contribution in [-0.2, 0) is 23.7 Å². The molecule has 1 aliphatic heterocycles. The van der Waals surface area contributed by atoms with E-state index in [4.69, 9.17) is 31.2 Å². The zero-order valence-electron chi connectivity index (χ0n) is 20.8. The first-order valence-corrected chi connectivity index (χ1v) is 12.6. The van der Waals surface area contributed by atoms with Crippen LogP contribution < -0.4 is 5.32 Å². The van der Waals surface area contributed by atoms with Gasteiger partial charge in [0.2, 0.25) is 4.77 Å². The van der Waals surface area contributed by atoms with Gasteiger partial charge in [0, 0.05) is 18.4 Å². The van der Waals surface area contributed by atoms with Crippen LogP contribution in [0.2, 0.25) is 0 Å². The second-order valence-corrected chi connectivity index (χ2v) is 10.6. The molecule has 0 amide bonds. The number of nitrogens with one attached hydrogen (secondary N) is 2. The number of carbonyl (C=O) groups is 1. The van der Waals surface area contributed by atoms with Gasteiger partial charge in [-0.1, -0.05) is 11.3 Å². The van der Waals surface area contributed by atoms with Crippen LogP contribution in [0.3, 0.4) is 0 Å². The summed E-state index contributed by atoms with van der Waals surface area (Å²) in [7, 11) is 1.30. The first-order valence-electron chi connectivity index (χ1n) is 12.2. The molecule has 38 heavy (non-hydrogen) atoms. The maximum absolute atomic E-state index is 13.7. The summed E-state index contributed by atoms with van der Waals surface area (Å²) in [5.74, 6) is -2.53. The molecule has 6 unspecified atom stereocenters. The van der Waals surface area contributed by atoms with Crippen LogP contribution in [0.5, 0.6) is 0 Å². The fourth-order valence-electron chi connectivity index (χ4n) is 5.37. The third kappa shape index (κ3) is 4.55. The van der Waals surface area contributed by atoms with Gasteiger partial charge in [-0.05, 0) is 50.2 Å². The first-order chi connectivity index (χ1) is 18.1. The minimum Gasteiger partial charge on any atom is -0.467 e. The van der Waals surface area contributed by atoms with Crippen LogP contribution in [0.25, 0.3) is 11.2 Å². The van der Waals surface area contributed by atoms with Gasteiger partial charge < -0.3 is 29.2 Å². The van der Waals surface area contributed by atoms with Gasteiger partial charge in [0.25, 0.3) is 0 Å². The van der Waals surface area contributed by atoms with Gasteiger partial charge in [-0.2, -0.15) is 4.98 Å². The van der Waals surface area contributed by atoms with E-state index in [-0.39, 0.29) is 29.4 Å². The Hall–Kier alpha value is -3.07. The molecule has 6 atom stereocenters. The van der Waals surface area contributed by atoms with Crippen molar-refractivity contribution in [2.75, 3.05) is 19.0 Å². The Balaban J connectivity index is 1.26. The maximum atomic E-state index is 13.7. The van der Waals surface area contributed by atoms with Gasteiger partial charge in [-0.3, -0.25) is 0 Å². The summed E-state index contributed by atoms with van der Waals surface area (Å²) in [5.41, 5.74) is 1.64. The highest BCUT2D eigenvalue weighted by Gasteiger charge is 2.56. The molecule has 2 aromatic heterocycles. The molecule has 2 aliphatic carbocycles. The van der Waals surface area contributed by atoms with E-state index >= 15 is 0 Å². The standard InChI is InChI=1S/C24H26F2N6O5S/c1-24(2)36-19-15(8-16(20(19)37-24)35-9-17(33)34-3)32-22-18(30-31-32)21(28-23(38)29-22)27-14-7-11(14)10-4-5-12(25)13(26)6-10/h4-6,11,14-16,19-20H,7-9H2,1-3H3,(H2,27,28,29,38). The number of methoxy groups -OCH3 is 1. The number of ether oxygens (including phenoxy) is 4. The van der Waals surface area contributed by atoms with Crippen molar-refractivity contribution >= 4 is 35.2 Å². The number of carbonyl (C=O) groups excluding carboxylic acids is 1. The Labute approximate surface area is 220 Å². The highest BCUT2D eigenvalue weighted by Crippen LogP contribution is 2.46. The van der Waals surface area contributed by atoms with E-state index in [9.17, 15) is 13.6 Å². The molecule has 11 nitrogen and oxygen atoms in total. The normalized spacial score (nSPS) is 29.4. The van der Waals surface area contributed by atoms with Crippen molar-refractivity contribution < 1.29 is 32.5 Å². The summed E-state index contributed by atoms with van der Waals surface area (Å²) in [6.45, 7) is 3.42. The molecular weight excluding hydrogens is 522 g/mol. The second kappa shape index (κ2) is 9.29. The summed E-state index contributed by atoms with van der Waals surface area (Å²) < 4.78 is 51.8. The summed E-state index contributed by atoms with van der Waals surface area (Å²) >= 11 is 5.39. The van der Waals surface area contributed by atoms with E-state index in [0.717, 1.165) is 12.5 Å². The molecule has 2 N–H and O–H groups in total. The van der Waals surface area contributed by atoms with Crippen molar-refractivity contribution in [1.82, 2.24) is 25.0 Å². The summed E-state index contributed by atoms with van der Waals surface area (Å²) in [6, 6.07) is 3.58. The van der Waals surface area contributed by atoms with Crippen molar-refractivity contribution in [3.05, 3.63) is 40.2 Å². The number of H-pyrrole nitrogens is 1. The van der Waals surface area contributed by atoms with Gasteiger partial charge in [-0.25, -0.2) is 18.3 Å². The first kappa shape index (κ1) is 25.2. The number of rotatable bonds is 7. The zero-order chi connectivity index (χ0) is 26.8. The number of esters is 1. The van der Waals surface area contributed by atoms with Crippen LogP contribution in [0.15, 0.2) is 18.2 Å². The van der Waals surface area contributed by atoms with E-state index in [2.05, 4.69) is 25.6 Å². The van der Waals surface area contributed by atoms with Gasteiger partial charge in [0.05, 0.1) is 19.3 Å². The van der Waals surface area contributed by atoms with Gasteiger partial charge >= 0.3 is 5.97 Å². The van der Waals surface area contributed by atoms with Gasteiger partial charge in [-0.15, -0.1) is 5.10 Å². The predicted molar refractivity (Wildman–Crippen MR) is 131 cm³/mol. The van der Waals surface area contributed by atoms with E-state index in [1.165, 1.54) is 13.2 Å². The fraction of sp³-hybridized carbons (Fsp3) is 0.542. The van der Waals surface area contributed by atoms with Crippen molar-refractivity contribution in [3.8, 4) is 0 Å². The van der Waals surface area contributed by atoms with Gasteiger partial charge in [0.1, 0.15) is 24.6 Å². The van der Waals surface area contributed by atoms with Crippen molar-refractivity contribution in [1.29, 1.82) is 0 Å². The average molecular weight is 549 g/mol. The molecule has 3 heterocycles. The summed E-state index contributed by atoms with van der Waals surface area (Å²) in [5, 5.41) is 12.1. The number of hydrogen-bond acceptors (Lipinski definition) is 10. The van der Waals surface area contributed by atoms with Crippen LogP contribution >= 0.6 is 12.2 Å². The Kier molecular flexibility index (Phi) is 6.17. The monoisotopic (exact) mass is 548 g/mol. The SMILES string of the molecule is COC(=O)COC1CC(n2nnc3c(NC4CC4c4ccc(F)c(F)c4)[nH]c(=S)nc32)C2OC(C)(C)OC12. The molecule has 0 bridgehead atoms. The molecule has 0 radical (unpaired) electrons. The lowest BCUT2D eigenvalue weighted by atomic mass is 10.1. The number of anilines is 1. The van der Waals surface area contributed by atoms with Crippen LogP contribution in [0, 0.1) is 16.4 Å². The highest BCUT2D eigenvalue weighted by molar-refractivity contribution is 7.71. The fourth-order valence-corrected chi connectivity index (χ4v) is 5.56. The number of aromatic nitrogens is 5. The van der Waals surface area contributed by atoms with E-state index in [1.807, 2.05) is 13.8 Å². The number of fused-ring (bicyclic) bond motifs is 2. The van der Waals surface area contributed by atoms with Crippen molar-refractivity contribution in [2.45, 2.75) is 68.8 Å². The summed E-state index contributed by atoms with van der Waals surface area (Å²) in [4.78, 5) is 19.2. The smallest absolute Gasteiger partial charge is 0.331 e. The molecule has 0 spiro atoms. The lowest BCUT2D eigenvalue weighted by Crippen LogP contribution is -2.32. The molecule has 3 aromatic rings. The third-order valence-electron chi connectivity index (χ3n) is 7.18. The number of halogens is 2. The number of benzene rings is 1. The number of hydrogen-bond donors (Lipinski definition) is 2. The molecule has 1 aromatic carbocycles. The number of nitrogens with zero attached hydrogens (tertiary/aromatic N) is 4. The van der Waals surface area contributed by atoms with E-state index in [1.54, 1.807) is 10.7 Å². The average Bonchev–Trinajstić information content (AvgIpc) is 3.20. The molecule has 14 heteroatoms. The van der Waals surface area contributed by atoms with Crippen molar-refractivity contribution in [2.24, 2.45) is 0 Å². The second-order valence-electron chi connectivity index (χ2n) is 10.2. The lowest BCUT2D eigenvalue weighted by Gasteiger charge is -2.23. The van der Waals surface area contributed by atoms with Crippen LogP contribution in [-0.4, -0.2) is 74.8 Å². The largest absolute Gasteiger partial charge is 0.467 e. The van der Waals surface area contributed by atoms with Gasteiger partial charge in [0.15, 0.2) is 28.6 Å². The highest BCUT2D eigenvalue weighted by atomic mass is 32.1. The van der Waals surface area contributed by atoms with Crippen LogP contribution in [0.4, 0.5) is 14.6 Å². The molecular formula is C24H26F2N6O5S. The van der Waals surface area contributed by atoms with E-state index < -0.39 is 41.7 Å². The quantitative estimate of drug-likeness (QED) is 0.336. The van der Waals surface area contributed by atoms with E-state index in [0.29, 0.717) is 29.0 Å². The predicted octanol–water partition coefficient (Wildman–Crippen LogP) is 3.15. The lowest BCUT2D eigenvalue weighted by molar-refractivity contribution is -0.173. The maximum Gasteiger partial charge on any atom is 0.331 e. The topological polar surface area (TPSA) is 125 Å². The van der Waals surface area contributed by atoms with Crippen LogP contribution in [0.1, 0.15) is 44.2 Å². The molecule has 6 rings (SSSR count). The molecule has 3 fully saturated rings. The van der Waals surface area contributed by atoms with Crippen molar-refractivity contribution in [3.63, 3.8) is 0 Å². The third-order valence-corrected chi connectivity index (χ3v) is 7.37. The number of aromatic amines is 1. The minimum absolute atomic E-state index is 0.0138. The molecule has 1 saturated heterocycles. The molecule has 3 aliphatic rings. The zero-order valence-corrected chi connectivity index (χ0v) is 21.6. The summed E-state index contributed by atoms with van der Waals surface area (Å²) in [6.07, 6.45) is -0.121. The molecule has 202 valence electrons. The Bertz CT molecular complexity index is 1460. The Morgan fingerprint density at radius 1 is 1.26 bits per heavy atom.